The Kier molecular flexibility index (Phi) is 5.48. The molecule has 4 aliphatic carbocycles. The fraction of sp³-hybridized carbons (Fsp3) is 0.625. The lowest BCUT2D eigenvalue weighted by atomic mass is 9.48. The van der Waals surface area contributed by atoms with Crippen molar-refractivity contribution in [1.82, 2.24) is 9.55 Å². The molecule has 0 radical (unpaired) electrons. The summed E-state index contributed by atoms with van der Waals surface area (Å²) in [6.45, 7) is 1.15. The number of aromatic nitrogens is 2. The molecule has 6 rings (SSSR count). The maximum atomic E-state index is 13.4. The Morgan fingerprint density at radius 1 is 1.17 bits per heavy atom. The van der Waals surface area contributed by atoms with Crippen molar-refractivity contribution in [2.24, 2.45) is 23.2 Å². The summed E-state index contributed by atoms with van der Waals surface area (Å²) in [6, 6.07) is 7.47. The number of hydrogen-bond acceptors (Lipinski definition) is 5. The highest BCUT2D eigenvalue weighted by atomic mass is 32.2. The van der Waals surface area contributed by atoms with E-state index in [0.717, 1.165) is 43.4 Å². The Balaban J connectivity index is 1.38. The van der Waals surface area contributed by atoms with E-state index in [-0.39, 0.29) is 11.0 Å². The SMILES string of the molecule is COCCCn1c(SCC(=O)C23CC4CC(CC(C4)C2)C3)nc2ccccc2c1=O. The smallest absolute Gasteiger partial charge is 0.262 e. The van der Waals surface area contributed by atoms with E-state index in [4.69, 9.17) is 9.72 Å². The van der Waals surface area contributed by atoms with E-state index < -0.39 is 0 Å². The summed E-state index contributed by atoms with van der Waals surface area (Å²) in [4.78, 5) is 31.3. The van der Waals surface area contributed by atoms with Crippen molar-refractivity contribution in [1.29, 1.82) is 0 Å². The van der Waals surface area contributed by atoms with Gasteiger partial charge in [-0.3, -0.25) is 14.2 Å². The van der Waals surface area contributed by atoms with E-state index in [1.54, 1.807) is 11.7 Å². The third-order valence-electron chi connectivity index (χ3n) is 7.52. The summed E-state index contributed by atoms with van der Waals surface area (Å²) in [5.41, 5.74) is 0.580. The predicted octanol–water partition coefficient (Wildman–Crippen LogP) is 4.31. The van der Waals surface area contributed by atoms with Gasteiger partial charge in [0, 0.05) is 25.7 Å². The van der Waals surface area contributed by atoms with Crippen LogP contribution >= 0.6 is 11.8 Å². The quantitative estimate of drug-likeness (QED) is 0.358. The Morgan fingerprint density at radius 3 is 2.50 bits per heavy atom. The minimum atomic E-state index is -0.0974. The minimum absolute atomic E-state index is 0.0264. The van der Waals surface area contributed by atoms with E-state index in [0.29, 0.717) is 40.7 Å². The number of ether oxygens (including phenoxy) is 1. The second-order valence-electron chi connectivity index (χ2n) is 9.62. The molecule has 5 nitrogen and oxygen atoms in total. The first-order chi connectivity index (χ1) is 14.6. The number of methoxy groups -OCH3 is 1. The van der Waals surface area contributed by atoms with Gasteiger partial charge in [-0.1, -0.05) is 23.9 Å². The van der Waals surface area contributed by atoms with Gasteiger partial charge in [0.15, 0.2) is 5.16 Å². The Morgan fingerprint density at radius 2 is 1.83 bits per heavy atom. The van der Waals surface area contributed by atoms with Crippen LogP contribution in [0, 0.1) is 23.2 Å². The number of Topliss-reactive ketones (excluding diaryl/α,β-unsaturated/α-hetero) is 1. The molecule has 4 aliphatic rings. The van der Waals surface area contributed by atoms with Crippen LogP contribution in [0.4, 0.5) is 0 Å². The van der Waals surface area contributed by atoms with E-state index in [2.05, 4.69) is 0 Å². The van der Waals surface area contributed by atoms with Crippen LogP contribution in [0.15, 0.2) is 34.2 Å². The van der Waals surface area contributed by atoms with Crippen LogP contribution in [-0.2, 0) is 16.1 Å². The summed E-state index contributed by atoms with van der Waals surface area (Å²) in [5, 5.41) is 1.29. The Hall–Kier alpha value is -1.66. The molecule has 2 aromatic rings. The summed E-state index contributed by atoms with van der Waals surface area (Å²) in [5.74, 6) is 3.09. The van der Waals surface area contributed by atoms with E-state index >= 15 is 0 Å². The van der Waals surface area contributed by atoms with Crippen molar-refractivity contribution in [2.75, 3.05) is 19.5 Å². The monoisotopic (exact) mass is 426 g/mol. The van der Waals surface area contributed by atoms with Crippen LogP contribution in [0.3, 0.4) is 0 Å². The molecule has 160 valence electrons. The lowest BCUT2D eigenvalue weighted by Gasteiger charge is -2.56. The molecular weight excluding hydrogens is 396 g/mol. The molecule has 0 saturated heterocycles. The number of thioether (sulfide) groups is 1. The third-order valence-corrected chi connectivity index (χ3v) is 8.50. The zero-order chi connectivity index (χ0) is 20.7. The maximum absolute atomic E-state index is 13.4. The van der Waals surface area contributed by atoms with Gasteiger partial charge in [-0.2, -0.15) is 0 Å². The highest BCUT2D eigenvalue weighted by molar-refractivity contribution is 7.99. The highest BCUT2D eigenvalue weighted by Gasteiger charge is 2.54. The molecule has 1 heterocycles. The molecule has 0 spiro atoms. The van der Waals surface area contributed by atoms with Crippen LogP contribution in [-0.4, -0.2) is 34.8 Å². The molecule has 1 aromatic carbocycles. The van der Waals surface area contributed by atoms with E-state index in [1.165, 1.54) is 31.0 Å². The van der Waals surface area contributed by atoms with E-state index in [9.17, 15) is 9.59 Å². The summed E-state index contributed by atoms with van der Waals surface area (Å²) < 4.78 is 6.91. The average Bonchev–Trinajstić information content (AvgIpc) is 2.73. The van der Waals surface area contributed by atoms with Gasteiger partial charge in [0.05, 0.1) is 16.7 Å². The van der Waals surface area contributed by atoms with Crippen molar-refractivity contribution in [2.45, 2.75) is 56.6 Å². The second kappa shape index (κ2) is 8.12. The summed E-state index contributed by atoms with van der Waals surface area (Å²) in [6.07, 6.45) is 8.02. The van der Waals surface area contributed by atoms with Gasteiger partial charge < -0.3 is 4.74 Å². The van der Waals surface area contributed by atoms with Crippen LogP contribution in [0.2, 0.25) is 0 Å². The lowest BCUT2D eigenvalue weighted by Crippen LogP contribution is -2.50. The van der Waals surface area contributed by atoms with Crippen LogP contribution < -0.4 is 5.56 Å². The van der Waals surface area contributed by atoms with Gasteiger partial charge in [-0.15, -0.1) is 0 Å². The minimum Gasteiger partial charge on any atom is -0.385 e. The molecule has 4 bridgehead atoms. The largest absolute Gasteiger partial charge is 0.385 e. The molecule has 0 atom stereocenters. The van der Waals surface area contributed by atoms with Gasteiger partial charge in [0.1, 0.15) is 5.78 Å². The normalized spacial score (nSPS) is 29.6. The summed E-state index contributed by atoms with van der Waals surface area (Å²) in [7, 11) is 1.67. The molecule has 0 amide bonds. The number of carbonyl (C=O) groups is 1. The maximum Gasteiger partial charge on any atom is 0.262 e. The van der Waals surface area contributed by atoms with Crippen molar-refractivity contribution in [3.8, 4) is 0 Å². The number of benzene rings is 1. The molecular formula is C24H30N2O3S. The molecule has 6 heteroatoms. The first kappa shape index (κ1) is 20.3. The van der Waals surface area contributed by atoms with Gasteiger partial charge in [-0.25, -0.2) is 4.98 Å². The second-order valence-corrected chi connectivity index (χ2v) is 10.6. The predicted molar refractivity (Wildman–Crippen MR) is 119 cm³/mol. The van der Waals surface area contributed by atoms with Crippen molar-refractivity contribution >= 4 is 28.4 Å². The zero-order valence-electron chi connectivity index (χ0n) is 17.6. The average molecular weight is 427 g/mol. The molecule has 0 N–H and O–H groups in total. The molecule has 4 saturated carbocycles. The fourth-order valence-corrected chi connectivity index (χ4v) is 7.62. The van der Waals surface area contributed by atoms with Gasteiger partial charge >= 0.3 is 0 Å². The highest BCUT2D eigenvalue weighted by Crippen LogP contribution is 2.60. The molecule has 1 aromatic heterocycles. The molecule has 30 heavy (non-hydrogen) atoms. The number of para-hydroxylation sites is 1. The first-order valence-corrected chi connectivity index (χ1v) is 12.2. The number of carbonyl (C=O) groups excluding carboxylic acids is 1. The van der Waals surface area contributed by atoms with Crippen LogP contribution in [0.5, 0.6) is 0 Å². The number of rotatable bonds is 8. The molecule has 4 fully saturated rings. The van der Waals surface area contributed by atoms with Crippen molar-refractivity contribution < 1.29 is 9.53 Å². The molecule has 0 unspecified atom stereocenters. The summed E-state index contributed by atoms with van der Waals surface area (Å²) >= 11 is 1.45. The van der Waals surface area contributed by atoms with Gasteiger partial charge in [0.25, 0.3) is 5.56 Å². The van der Waals surface area contributed by atoms with Crippen LogP contribution in [0.25, 0.3) is 10.9 Å². The fourth-order valence-electron chi connectivity index (χ4n) is 6.56. The lowest BCUT2D eigenvalue weighted by molar-refractivity contribution is -0.141. The van der Waals surface area contributed by atoms with Crippen molar-refractivity contribution in [3.05, 3.63) is 34.6 Å². The van der Waals surface area contributed by atoms with Crippen LogP contribution in [0.1, 0.15) is 44.9 Å². The number of hydrogen-bond donors (Lipinski definition) is 0. The van der Waals surface area contributed by atoms with Crippen molar-refractivity contribution in [3.63, 3.8) is 0 Å². The van der Waals surface area contributed by atoms with E-state index in [1.807, 2.05) is 24.3 Å². The Bertz CT molecular complexity index is 980. The Labute approximate surface area is 181 Å². The topological polar surface area (TPSA) is 61.2 Å². The number of ketones is 1. The molecule has 0 aliphatic heterocycles. The van der Waals surface area contributed by atoms with Gasteiger partial charge in [-0.05, 0) is 74.8 Å². The number of fused-ring (bicyclic) bond motifs is 1. The first-order valence-electron chi connectivity index (χ1n) is 11.2. The number of nitrogens with zero attached hydrogens (tertiary/aromatic N) is 2. The standard InChI is InChI=1S/C24H30N2O3S/c1-29-8-4-7-26-22(28)19-5-2-3-6-20(19)25-23(26)30-15-21(27)24-12-16-9-17(13-24)11-18(10-16)14-24/h2-3,5-6,16-18H,4,7-15H2,1H3. The third kappa shape index (κ3) is 3.62. The zero-order valence-corrected chi connectivity index (χ0v) is 18.5. The van der Waals surface area contributed by atoms with Gasteiger partial charge in [0.2, 0.25) is 0 Å².